The first kappa shape index (κ1) is 36.2. The molecule has 0 aromatic carbocycles. The second kappa shape index (κ2) is 18.6. The third-order valence-electron chi connectivity index (χ3n) is 8.16. The maximum atomic E-state index is 6.39. The smallest absolute Gasteiger partial charge is 0.201 e. The number of hydrogen-bond acceptors (Lipinski definition) is 7. The van der Waals surface area contributed by atoms with Crippen LogP contribution >= 0.6 is 0 Å². The highest BCUT2D eigenvalue weighted by Crippen LogP contribution is 2.39. The van der Waals surface area contributed by atoms with Crippen LogP contribution in [0.3, 0.4) is 0 Å². The van der Waals surface area contributed by atoms with E-state index in [0.717, 1.165) is 65.1 Å². The van der Waals surface area contributed by atoms with Gasteiger partial charge >= 0.3 is 0 Å². The summed E-state index contributed by atoms with van der Waals surface area (Å²) >= 11 is 0. The number of epoxide rings is 2. The van der Waals surface area contributed by atoms with E-state index in [0.29, 0.717) is 34.4 Å². The van der Waals surface area contributed by atoms with Crippen LogP contribution < -0.4 is 0 Å². The maximum Gasteiger partial charge on any atom is 0.201 e. The van der Waals surface area contributed by atoms with Gasteiger partial charge in [-0.05, 0) is 60.9 Å². The van der Waals surface area contributed by atoms with Crippen molar-refractivity contribution in [2.75, 3.05) is 53.4 Å². The van der Waals surface area contributed by atoms with Gasteiger partial charge in [-0.2, -0.15) is 0 Å². The van der Waals surface area contributed by atoms with Crippen LogP contribution in [0.4, 0.5) is 0 Å². The van der Waals surface area contributed by atoms with Crippen molar-refractivity contribution in [1.29, 1.82) is 0 Å². The SMILES string of the molecule is CCO[Si](CCCOCC1CO1)(C(C)C)C(C)C.COC(C)O[Si](CCCOCC1CO1)(C(C)C)C(C)C. The molecule has 9 heteroatoms. The number of hydrogen-bond donors (Lipinski definition) is 0. The predicted molar refractivity (Wildman–Crippen MR) is 161 cm³/mol. The molecule has 2 saturated heterocycles. The minimum Gasteiger partial charge on any atom is -0.417 e. The molecular weight excluding hydrogens is 516 g/mol. The van der Waals surface area contributed by atoms with Crippen LogP contribution in [0.2, 0.25) is 34.3 Å². The summed E-state index contributed by atoms with van der Waals surface area (Å²) in [7, 11) is -1.74. The summed E-state index contributed by atoms with van der Waals surface area (Å²) in [5, 5.41) is 0. The molecule has 2 aliphatic rings. The Kier molecular flexibility index (Phi) is 17.7. The van der Waals surface area contributed by atoms with Gasteiger partial charge in [0, 0.05) is 26.9 Å². The van der Waals surface area contributed by atoms with Gasteiger partial charge in [-0.15, -0.1) is 0 Å². The molecule has 2 aliphatic heterocycles. The molecule has 0 spiro atoms. The fourth-order valence-electron chi connectivity index (χ4n) is 5.51. The first-order valence-corrected chi connectivity index (χ1v) is 19.7. The summed E-state index contributed by atoms with van der Waals surface area (Å²) in [6, 6.07) is 2.34. The number of methoxy groups -OCH3 is 1. The molecule has 0 amide bonds. The molecule has 2 rings (SSSR count). The first-order chi connectivity index (χ1) is 17.9. The van der Waals surface area contributed by atoms with Gasteiger partial charge in [0.05, 0.1) is 26.4 Å². The van der Waals surface area contributed by atoms with Gasteiger partial charge in [-0.25, -0.2) is 0 Å². The van der Waals surface area contributed by atoms with E-state index in [-0.39, 0.29) is 6.29 Å². The average Bonchev–Trinajstić information content (AvgIpc) is 3.77. The van der Waals surface area contributed by atoms with Gasteiger partial charge in [-0.1, -0.05) is 55.4 Å². The van der Waals surface area contributed by atoms with Crippen LogP contribution in [0.5, 0.6) is 0 Å². The topological polar surface area (TPSA) is 71.2 Å². The highest BCUT2D eigenvalue weighted by atomic mass is 28.4. The predicted octanol–water partition coefficient (Wildman–Crippen LogP) is 7.16. The van der Waals surface area contributed by atoms with Crippen molar-refractivity contribution in [3.05, 3.63) is 0 Å². The van der Waals surface area contributed by atoms with Crippen LogP contribution in [0.15, 0.2) is 0 Å². The van der Waals surface area contributed by atoms with E-state index < -0.39 is 16.6 Å². The Bertz CT molecular complexity index is 579. The van der Waals surface area contributed by atoms with E-state index in [1.54, 1.807) is 7.11 Å². The second-order valence-corrected chi connectivity index (χ2v) is 22.1. The molecule has 0 radical (unpaired) electrons. The molecular formula is C29H62O7Si2. The van der Waals surface area contributed by atoms with E-state index in [2.05, 4.69) is 62.3 Å². The van der Waals surface area contributed by atoms with Crippen molar-refractivity contribution in [3.63, 3.8) is 0 Å². The van der Waals surface area contributed by atoms with E-state index in [1.165, 1.54) is 6.04 Å². The summed E-state index contributed by atoms with van der Waals surface area (Å²) in [4.78, 5) is 0. The molecule has 38 heavy (non-hydrogen) atoms. The molecule has 7 nitrogen and oxygen atoms in total. The summed E-state index contributed by atoms with van der Waals surface area (Å²) in [5.74, 6) is 0. The standard InChI is InChI=1S/C15H32O4Si.C14H30O3Si/c1-12(2)20(13(3)4,19-14(5)16-6)9-7-8-17-10-15-11-18-15;1-6-17-18(12(2)3,13(4)5)9-7-8-15-10-14-11-16-14/h12-15H,7-11H2,1-6H3;12-14H,6-11H2,1-5H3. The minimum absolute atomic E-state index is 0.118. The monoisotopic (exact) mass is 578 g/mol. The molecule has 228 valence electrons. The van der Waals surface area contributed by atoms with Gasteiger partial charge in [0.2, 0.25) is 8.32 Å². The average molecular weight is 579 g/mol. The Morgan fingerprint density at radius 1 is 0.684 bits per heavy atom. The van der Waals surface area contributed by atoms with Crippen LogP contribution in [0.1, 0.15) is 82.1 Å². The van der Waals surface area contributed by atoms with Crippen LogP contribution in [0.25, 0.3) is 0 Å². The first-order valence-electron chi connectivity index (χ1n) is 15.2. The third kappa shape index (κ3) is 12.8. The Morgan fingerprint density at radius 2 is 1.08 bits per heavy atom. The van der Waals surface area contributed by atoms with Crippen LogP contribution in [-0.4, -0.2) is 88.5 Å². The van der Waals surface area contributed by atoms with Crippen molar-refractivity contribution in [1.82, 2.24) is 0 Å². The molecule has 0 N–H and O–H groups in total. The van der Waals surface area contributed by atoms with E-state index in [9.17, 15) is 0 Å². The Hall–Kier alpha value is 0.154. The zero-order valence-electron chi connectivity index (χ0n) is 26.7. The molecule has 2 fully saturated rings. The van der Waals surface area contributed by atoms with E-state index >= 15 is 0 Å². The van der Waals surface area contributed by atoms with Gasteiger partial charge in [0.1, 0.15) is 18.5 Å². The molecule has 0 aliphatic carbocycles. The lowest BCUT2D eigenvalue weighted by Gasteiger charge is -2.40. The van der Waals surface area contributed by atoms with E-state index in [4.69, 9.17) is 32.5 Å². The molecule has 0 aromatic heterocycles. The Morgan fingerprint density at radius 3 is 1.39 bits per heavy atom. The number of ether oxygens (including phenoxy) is 5. The fourth-order valence-corrected chi connectivity index (χ4v) is 14.6. The normalized spacial score (nSPS) is 20.3. The Balaban J connectivity index is 0.000000382. The van der Waals surface area contributed by atoms with Crippen LogP contribution in [-0.2, 0) is 32.5 Å². The van der Waals surface area contributed by atoms with Crippen LogP contribution in [0, 0.1) is 0 Å². The van der Waals surface area contributed by atoms with Gasteiger partial charge in [0.15, 0.2) is 8.32 Å². The van der Waals surface area contributed by atoms with Crippen molar-refractivity contribution in [2.24, 2.45) is 0 Å². The van der Waals surface area contributed by atoms with Crippen molar-refractivity contribution >= 4 is 16.6 Å². The molecule has 0 aromatic rings. The lowest BCUT2D eigenvalue weighted by molar-refractivity contribution is -0.0494. The molecule has 0 bridgehead atoms. The second-order valence-electron chi connectivity index (χ2n) is 12.2. The lowest BCUT2D eigenvalue weighted by Crippen LogP contribution is -2.47. The molecule has 3 unspecified atom stereocenters. The molecule has 2 heterocycles. The van der Waals surface area contributed by atoms with Gasteiger partial charge in [0.25, 0.3) is 0 Å². The quantitative estimate of drug-likeness (QED) is 0.0619. The summed E-state index contributed by atoms with van der Waals surface area (Å²) in [6.07, 6.45) is 2.81. The summed E-state index contributed by atoms with van der Waals surface area (Å²) in [5.41, 5.74) is 2.49. The summed E-state index contributed by atoms with van der Waals surface area (Å²) < 4.78 is 39.5. The van der Waals surface area contributed by atoms with Gasteiger partial charge < -0.3 is 32.5 Å². The number of rotatable bonds is 21. The highest BCUT2D eigenvalue weighted by Gasteiger charge is 2.43. The zero-order valence-corrected chi connectivity index (χ0v) is 28.7. The van der Waals surface area contributed by atoms with Gasteiger partial charge in [-0.3, -0.25) is 0 Å². The van der Waals surface area contributed by atoms with Crippen molar-refractivity contribution < 1.29 is 32.5 Å². The molecule has 3 atom stereocenters. The van der Waals surface area contributed by atoms with Crippen molar-refractivity contribution in [2.45, 2.75) is 135 Å². The summed E-state index contributed by atoms with van der Waals surface area (Å²) in [6.45, 7) is 28.3. The maximum absolute atomic E-state index is 6.39. The van der Waals surface area contributed by atoms with E-state index in [1.807, 2.05) is 6.92 Å². The zero-order chi connectivity index (χ0) is 28.8. The highest BCUT2D eigenvalue weighted by molar-refractivity contribution is 6.76. The third-order valence-corrected chi connectivity index (χ3v) is 19.8. The Labute approximate surface area is 237 Å². The largest absolute Gasteiger partial charge is 0.417 e. The van der Waals surface area contributed by atoms with Crippen molar-refractivity contribution in [3.8, 4) is 0 Å². The molecule has 0 saturated carbocycles. The fraction of sp³-hybridized carbons (Fsp3) is 1.00. The minimum atomic E-state index is -1.83. The lowest BCUT2D eigenvalue weighted by atomic mass is 10.5.